The van der Waals surface area contributed by atoms with Gasteiger partial charge in [0.15, 0.2) is 0 Å². The summed E-state index contributed by atoms with van der Waals surface area (Å²) in [5.74, 6) is 0. The molecule has 0 saturated carbocycles. The van der Waals surface area contributed by atoms with E-state index in [1.54, 1.807) is 0 Å². The summed E-state index contributed by atoms with van der Waals surface area (Å²) in [4.78, 5) is 0. The van der Waals surface area contributed by atoms with Gasteiger partial charge in [-0.25, -0.2) is 0 Å². The monoisotopic (exact) mass is 104 g/mol. The van der Waals surface area contributed by atoms with Crippen molar-refractivity contribution in [3.63, 3.8) is 0 Å². The van der Waals surface area contributed by atoms with Crippen LogP contribution < -0.4 is 0 Å². The molecular formula is C6H13F. The molecule has 0 rings (SSSR count). The molecule has 0 aliphatic heterocycles. The van der Waals surface area contributed by atoms with E-state index in [9.17, 15) is 4.39 Å². The third-order valence-electron chi connectivity index (χ3n) is 1.32. The number of hydrogen-bond acceptors (Lipinski definition) is 0. The highest BCUT2D eigenvalue weighted by molar-refractivity contribution is 4.62. The van der Waals surface area contributed by atoms with Gasteiger partial charge in [0.05, 0.1) is 6.67 Å². The Bertz CT molecular complexity index is 42.1. The average Bonchev–Trinajstić information content (AvgIpc) is 1.68. The van der Waals surface area contributed by atoms with Gasteiger partial charge in [-0.15, -0.1) is 0 Å². The van der Waals surface area contributed by atoms with Crippen molar-refractivity contribution < 1.29 is 4.39 Å². The first-order valence-electron chi connectivity index (χ1n) is 2.68. The SMILES string of the molecule is CCC(C)(C)CF. The molecule has 0 bridgehead atoms. The normalized spacial score (nSPS) is 12.0. The Morgan fingerprint density at radius 2 is 1.86 bits per heavy atom. The standard InChI is InChI=1S/C6H13F/c1-4-6(2,3)5-7/h4-5H2,1-3H3. The van der Waals surface area contributed by atoms with E-state index in [2.05, 4.69) is 0 Å². The van der Waals surface area contributed by atoms with Crippen molar-refractivity contribution in [1.29, 1.82) is 0 Å². The van der Waals surface area contributed by atoms with E-state index in [-0.39, 0.29) is 12.1 Å². The van der Waals surface area contributed by atoms with Crippen LogP contribution in [0.1, 0.15) is 27.2 Å². The van der Waals surface area contributed by atoms with Crippen LogP contribution in [0.25, 0.3) is 0 Å². The molecule has 0 aliphatic rings. The van der Waals surface area contributed by atoms with Gasteiger partial charge in [0.1, 0.15) is 0 Å². The van der Waals surface area contributed by atoms with Gasteiger partial charge < -0.3 is 0 Å². The molecule has 7 heavy (non-hydrogen) atoms. The Labute approximate surface area is 44.7 Å². The molecule has 0 radical (unpaired) electrons. The summed E-state index contributed by atoms with van der Waals surface area (Å²) in [6.45, 7) is 5.64. The second kappa shape index (κ2) is 2.29. The van der Waals surface area contributed by atoms with Crippen LogP contribution in [-0.4, -0.2) is 6.67 Å². The summed E-state index contributed by atoms with van der Waals surface area (Å²) < 4.78 is 11.8. The van der Waals surface area contributed by atoms with Crippen molar-refractivity contribution in [3.8, 4) is 0 Å². The molecule has 0 saturated heterocycles. The lowest BCUT2D eigenvalue weighted by molar-refractivity contribution is 0.249. The summed E-state index contributed by atoms with van der Waals surface area (Å²) >= 11 is 0. The predicted molar refractivity (Wildman–Crippen MR) is 30.0 cm³/mol. The maximum absolute atomic E-state index is 11.8. The maximum Gasteiger partial charge on any atom is 0.0945 e. The molecule has 0 amide bonds. The van der Waals surface area contributed by atoms with Gasteiger partial charge in [-0.05, 0) is 11.8 Å². The highest BCUT2D eigenvalue weighted by Crippen LogP contribution is 2.18. The lowest BCUT2D eigenvalue weighted by Crippen LogP contribution is -2.10. The highest BCUT2D eigenvalue weighted by Gasteiger charge is 2.12. The fourth-order valence-corrected chi connectivity index (χ4v) is 0.0945. The number of rotatable bonds is 2. The maximum atomic E-state index is 11.8. The quantitative estimate of drug-likeness (QED) is 0.504. The minimum absolute atomic E-state index is 0.0833. The minimum atomic E-state index is -0.205. The molecule has 0 aromatic carbocycles. The van der Waals surface area contributed by atoms with Gasteiger partial charge in [0, 0.05) is 0 Å². The summed E-state index contributed by atoms with van der Waals surface area (Å²) in [6, 6.07) is 0. The van der Waals surface area contributed by atoms with Crippen molar-refractivity contribution in [2.75, 3.05) is 6.67 Å². The van der Waals surface area contributed by atoms with Crippen molar-refractivity contribution in [3.05, 3.63) is 0 Å². The Morgan fingerprint density at radius 3 is 1.86 bits per heavy atom. The Morgan fingerprint density at radius 1 is 1.43 bits per heavy atom. The molecule has 0 fully saturated rings. The summed E-state index contributed by atoms with van der Waals surface area (Å²) in [7, 11) is 0. The number of halogens is 1. The van der Waals surface area contributed by atoms with Crippen LogP contribution in [0.15, 0.2) is 0 Å². The molecule has 0 aromatic rings. The molecule has 0 N–H and O–H groups in total. The molecule has 44 valence electrons. The summed E-state index contributed by atoms with van der Waals surface area (Å²) in [5.41, 5.74) is -0.0833. The molecule has 0 aliphatic carbocycles. The zero-order valence-corrected chi connectivity index (χ0v) is 5.29. The molecule has 0 aromatic heterocycles. The van der Waals surface area contributed by atoms with Crippen LogP contribution >= 0.6 is 0 Å². The highest BCUT2D eigenvalue weighted by atomic mass is 19.1. The largest absolute Gasteiger partial charge is 0.251 e. The lowest BCUT2D eigenvalue weighted by Gasteiger charge is -2.15. The van der Waals surface area contributed by atoms with Crippen LogP contribution in [0.3, 0.4) is 0 Å². The van der Waals surface area contributed by atoms with Crippen molar-refractivity contribution >= 4 is 0 Å². The number of alkyl halides is 1. The van der Waals surface area contributed by atoms with Crippen LogP contribution in [0.2, 0.25) is 0 Å². The molecule has 0 spiro atoms. The molecular weight excluding hydrogens is 91.1 g/mol. The number of hydrogen-bond donors (Lipinski definition) is 0. The van der Waals surface area contributed by atoms with Gasteiger partial charge in [0.2, 0.25) is 0 Å². The van der Waals surface area contributed by atoms with E-state index >= 15 is 0 Å². The predicted octanol–water partition coefficient (Wildman–Crippen LogP) is 2.39. The van der Waals surface area contributed by atoms with Crippen molar-refractivity contribution in [2.24, 2.45) is 5.41 Å². The van der Waals surface area contributed by atoms with Gasteiger partial charge >= 0.3 is 0 Å². The van der Waals surface area contributed by atoms with Crippen molar-refractivity contribution in [1.82, 2.24) is 0 Å². The minimum Gasteiger partial charge on any atom is -0.251 e. The molecule has 0 atom stereocenters. The molecule has 0 unspecified atom stereocenters. The van der Waals surface area contributed by atoms with Crippen LogP contribution in [0.4, 0.5) is 4.39 Å². The van der Waals surface area contributed by atoms with E-state index in [0.717, 1.165) is 6.42 Å². The lowest BCUT2D eigenvalue weighted by atomic mass is 9.93. The van der Waals surface area contributed by atoms with E-state index in [0.29, 0.717) is 0 Å². The second-order valence-corrected chi connectivity index (χ2v) is 2.65. The van der Waals surface area contributed by atoms with E-state index in [4.69, 9.17) is 0 Å². The third kappa shape index (κ3) is 2.60. The first-order chi connectivity index (χ1) is 3.12. The smallest absolute Gasteiger partial charge is 0.0945 e. The summed E-state index contributed by atoms with van der Waals surface area (Å²) in [5, 5.41) is 0. The fraction of sp³-hybridized carbons (Fsp3) is 1.00. The van der Waals surface area contributed by atoms with Gasteiger partial charge in [-0.1, -0.05) is 20.8 Å². The van der Waals surface area contributed by atoms with Gasteiger partial charge in [-0.2, -0.15) is 0 Å². The van der Waals surface area contributed by atoms with Crippen LogP contribution in [0.5, 0.6) is 0 Å². The van der Waals surface area contributed by atoms with Crippen LogP contribution in [0, 0.1) is 5.41 Å². The molecule has 0 nitrogen and oxygen atoms in total. The fourth-order valence-electron chi connectivity index (χ4n) is 0.0945. The topological polar surface area (TPSA) is 0 Å². The second-order valence-electron chi connectivity index (χ2n) is 2.65. The first-order valence-corrected chi connectivity index (χ1v) is 2.68. The van der Waals surface area contributed by atoms with Gasteiger partial charge in [0.25, 0.3) is 0 Å². The van der Waals surface area contributed by atoms with Crippen molar-refractivity contribution in [2.45, 2.75) is 27.2 Å². The van der Waals surface area contributed by atoms with Gasteiger partial charge in [-0.3, -0.25) is 4.39 Å². The zero-order valence-electron chi connectivity index (χ0n) is 5.29. The Hall–Kier alpha value is -0.0700. The molecule has 0 heterocycles. The van der Waals surface area contributed by atoms with E-state index < -0.39 is 0 Å². The molecule has 1 heteroatoms. The average molecular weight is 104 g/mol. The van der Waals surface area contributed by atoms with E-state index in [1.807, 2.05) is 20.8 Å². The first kappa shape index (κ1) is 6.93. The van der Waals surface area contributed by atoms with E-state index in [1.165, 1.54) is 0 Å². The van der Waals surface area contributed by atoms with Crippen LogP contribution in [-0.2, 0) is 0 Å². The summed E-state index contributed by atoms with van der Waals surface area (Å²) in [6.07, 6.45) is 0.920. The Balaban J connectivity index is 3.36. The Kier molecular flexibility index (Phi) is 2.27. The zero-order chi connectivity index (χ0) is 5.91. The third-order valence-corrected chi connectivity index (χ3v) is 1.32.